The van der Waals surface area contributed by atoms with E-state index in [0.717, 1.165) is 24.0 Å². The molecule has 1 aromatic rings. The Labute approximate surface area is 114 Å². The zero-order valence-electron chi connectivity index (χ0n) is 11.8. The summed E-state index contributed by atoms with van der Waals surface area (Å²) in [4.78, 5) is 4.59. The monoisotopic (exact) mass is 268 g/mol. The van der Waals surface area contributed by atoms with Gasteiger partial charge in [0.15, 0.2) is 0 Å². The van der Waals surface area contributed by atoms with E-state index < -0.39 is 0 Å². The van der Waals surface area contributed by atoms with E-state index >= 15 is 0 Å². The first kappa shape index (κ1) is 13.7. The highest BCUT2D eigenvalue weighted by molar-refractivity contribution is 7.09. The fourth-order valence-electron chi connectivity index (χ4n) is 2.20. The summed E-state index contributed by atoms with van der Waals surface area (Å²) >= 11 is 1.48. The molecule has 0 radical (unpaired) electrons. The van der Waals surface area contributed by atoms with Crippen molar-refractivity contribution >= 4 is 16.7 Å². The largest absolute Gasteiger partial charge is 0.358 e. The summed E-state index contributed by atoms with van der Waals surface area (Å²) in [5.41, 5.74) is 0.0338. The van der Waals surface area contributed by atoms with E-state index in [9.17, 15) is 0 Å². The van der Waals surface area contributed by atoms with Crippen molar-refractivity contribution in [3.8, 4) is 0 Å². The van der Waals surface area contributed by atoms with Crippen molar-refractivity contribution in [2.24, 2.45) is 5.92 Å². The highest BCUT2D eigenvalue weighted by Gasteiger charge is 2.23. The number of anilines is 1. The van der Waals surface area contributed by atoms with Crippen LogP contribution < -0.4 is 10.6 Å². The van der Waals surface area contributed by atoms with Crippen LogP contribution in [0, 0.1) is 5.92 Å². The third-order valence-corrected chi connectivity index (χ3v) is 4.14. The molecular formula is C13H24N4S. The van der Waals surface area contributed by atoms with E-state index in [0.29, 0.717) is 12.0 Å². The molecule has 1 aliphatic rings. The Bertz CT molecular complexity index is 377. The lowest BCUT2D eigenvalue weighted by Gasteiger charge is -2.28. The molecule has 1 fully saturated rings. The van der Waals surface area contributed by atoms with E-state index in [-0.39, 0.29) is 5.41 Å². The number of hydrogen-bond donors (Lipinski definition) is 2. The third-order valence-electron chi connectivity index (χ3n) is 3.49. The summed E-state index contributed by atoms with van der Waals surface area (Å²) in [5, 5.41) is 7.92. The first-order chi connectivity index (χ1) is 8.47. The van der Waals surface area contributed by atoms with Crippen LogP contribution in [0.15, 0.2) is 0 Å². The van der Waals surface area contributed by atoms with Crippen molar-refractivity contribution in [2.45, 2.75) is 52.0 Å². The van der Waals surface area contributed by atoms with Crippen LogP contribution in [0.3, 0.4) is 0 Å². The van der Waals surface area contributed by atoms with Gasteiger partial charge in [-0.1, -0.05) is 20.8 Å². The summed E-state index contributed by atoms with van der Waals surface area (Å²) in [6.07, 6.45) is 2.58. The molecule has 0 aromatic carbocycles. The fourth-order valence-corrected chi connectivity index (χ4v) is 3.06. The normalized spacial score (nSPS) is 22.8. The second-order valence-corrected chi connectivity index (χ2v) is 6.96. The first-order valence-corrected chi connectivity index (χ1v) is 7.55. The van der Waals surface area contributed by atoms with Crippen molar-refractivity contribution in [1.82, 2.24) is 14.7 Å². The number of nitrogens with zero attached hydrogens (tertiary/aromatic N) is 2. The predicted octanol–water partition coefficient (Wildman–Crippen LogP) is 2.64. The molecule has 1 saturated heterocycles. The quantitative estimate of drug-likeness (QED) is 0.885. The van der Waals surface area contributed by atoms with Gasteiger partial charge in [0.25, 0.3) is 0 Å². The molecule has 1 aromatic heterocycles. The Kier molecular flexibility index (Phi) is 4.22. The van der Waals surface area contributed by atoms with E-state index in [2.05, 4.69) is 47.7 Å². The maximum Gasteiger partial charge on any atom is 0.202 e. The van der Waals surface area contributed by atoms with Crippen LogP contribution in [0.25, 0.3) is 0 Å². The summed E-state index contributed by atoms with van der Waals surface area (Å²) in [7, 11) is 0. The Hall–Kier alpha value is -0.680. The van der Waals surface area contributed by atoms with E-state index in [1.807, 2.05) is 0 Å². The SMILES string of the molecule is CC(Nc1nc(C(C)(C)C)ns1)C1CCCNC1. The number of aromatic nitrogens is 2. The van der Waals surface area contributed by atoms with Gasteiger partial charge in [-0.15, -0.1) is 0 Å². The molecule has 102 valence electrons. The molecule has 1 aliphatic heterocycles. The van der Waals surface area contributed by atoms with E-state index in [1.165, 1.54) is 24.4 Å². The van der Waals surface area contributed by atoms with Crippen LogP contribution in [0.4, 0.5) is 5.13 Å². The molecule has 0 aliphatic carbocycles. The van der Waals surface area contributed by atoms with Crippen molar-refractivity contribution in [3.63, 3.8) is 0 Å². The molecule has 0 bridgehead atoms. The average molecular weight is 268 g/mol. The van der Waals surface area contributed by atoms with Crippen molar-refractivity contribution in [3.05, 3.63) is 5.82 Å². The maximum absolute atomic E-state index is 4.59. The third kappa shape index (κ3) is 3.42. The van der Waals surface area contributed by atoms with Crippen LogP contribution in [-0.2, 0) is 5.41 Å². The zero-order chi connectivity index (χ0) is 13.2. The minimum atomic E-state index is 0.0338. The van der Waals surface area contributed by atoms with E-state index in [1.54, 1.807) is 0 Å². The Morgan fingerprint density at radius 1 is 1.44 bits per heavy atom. The van der Waals surface area contributed by atoms with Gasteiger partial charge in [-0.2, -0.15) is 4.37 Å². The molecule has 4 nitrogen and oxygen atoms in total. The minimum absolute atomic E-state index is 0.0338. The molecule has 2 heterocycles. The molecular weight excluding hydrogens is 244 g/mol. The van der Waals surface area contributed by atoms with Gasteiger partial charge in [-0.05, 0) is 38.8 Å². The molecule has 0 spiro atoms. The number of piperidine rings is 1. The van der Waals surface area contributed by atoms with Gasteiger partial charge in [0, 0.05) is 23.0 Å². The van der Waals surface area contributed by atoms with Crippen LogP contribution >= 0.6 is 11.5 Å². The smallest absolute Gasteiger partial charge is 0.202 e. The van der Waals surface area contributed by atoms with Gasteiger partial charge in [0.1, 0.15) is 5.82 Å². The fraction of sp³-hybridized carbons (Fsp3) is 0.846. The minimum Gasteiger partial charge on any atom is -0.358 e. The van der Waals surface area contributed by atoms with Crippen LogP contribution in [-0.4, -0.2) is 28.5 Å². The number of rotatable bonds is 3. The highest BCUT2D eigenvalue weighted by atomic mass is 32.1. The van der Waals surface area contributed by atoms with Gasteiger partial charge < -0.3 is 10.6 Å². The standard InChI is InChI=1S/C13H24N4S/c1-9(10-6-5-7-14-8-10)15-12-16-11(17-18-12)13(2,3)4/h9-10,14H,5-8H2,1-4H3,(H,15,16,17). The topological polar surface area (TPSA) is 49.8 Å². The second kappa shape index (κ2) is 5.53. The maximum atomic E-state index is 4.59. The highest BCUT2D eigenvalue weighted by Crippen LogP contribution is 2.25. The van der Waals surface area contributed by atoms with Crippen LogP contribution in [0.1, 0.15) is 46.4 Å². The number of nitrogens with one attached hydrogen (secondary N) is 2. The van der Waals surface area contributed by atoms with Gasteiger partial charge in [0.2, 0.25) is 5.13 Å². The lowest BCUT2D eigenvalue weighted by molar-refractivity contribution is 0.347. The van der Waals surface area contributed by atoms with Crippen molar-refractivity contribution in [2.75, 3.05) is 18.4 Å². The van der Waals surface area contributed by atoms with Crippen molar-refractivity contribution in [1.29, 1.82) is 0 Å². The van der Waals surface area contributed by atoms with Crippen LogP contribution in [0.2, 0.25) is 0 Å². The Morgan fingerprint density at radius 2 is 2.22 bits per heavy atom. The molecule has 18 heavy (non-hydrogen) atoms. The molecule has 2 unspecified atom stereocenters. The van der Waals surface area contributed by atoms with E-state index in [4.69, 9.17) is 0 Å². The lowest BCUT2D eigenvalue weighted by Crippen LogP contribution is -2.38. The Balaban J connectivity index is 1.94. The summed E-state index contributed by atoms with van der Waals surface area (Å²) in [5.74, 6) is 1.63. The summed E-state index contributed by atoms with van der Waals surface area (Å²) < 4.78 is 4.44. The lowest BCUT2D eigenvalue weighted by atomic mass is 9.93. The summed E-state index contributed by atoms with van der Waals surface area (Å²) in [6, 6.07) is 0.457. The molecule has 2 rings (SSSR count). The molecule has 0 amide bonds. The molecule has 2 N–H and O–H groups in total. The first-order valence-electron chi connectivity index (χ1n) is 6.78. The van der Waals surface area contributed by atoms with Crippen molar-refractivity contribution < 1.29 is 0 Å². The Morgan fingerprint density at radius 3 is 2.78 bits per heavy atom. The average Bonchev–Trinajstić information content (AvgIpc) is 2.78. The predicted molar refractivity (Wildman–Crippen MR) is 77.3 cm³/mol. The molecule has 0 saturated carbocycles. The number of hydrogen-bond acceptors (Lipinski definition) is 5. The van der Waals surface area contributed by atoms with Gasteiger partial charge in [-0.25, -0.2) is 4.98 Å². The van der Waals surface area contributed by atoms with Gasteiger partial charge in [-0.3, -0.25) is 0 Å². The van der Waals surface area contributed by atoms with Crippen LogP contribution in [0.5, 0.6) is 0 Å². The second-order valence-electron chi connectivity index (χ2n) is 6.21. The van der Waals surface area contributed by atoms with Gasteiger partial charge in [0.05, 0.1) is 0 Å². The molecule has 5 heteroatoms. The van der Waals surface area contributed by atoms with Gasteiger partial charge >= 0.3 is 0 Å². The zero-order valence-corrected chi connectivity index (χ0v) is 12.6. The summed E-state index contributed by atoms with van der Waals surface area (Å²) in [6.45, 7) is 11.0. The molecule has 2 atom stereocenters.